The van der Waals surface area contributed by atoms with Gasteiger partial charge in [0, 0.05) is 49.7 Å². The van der Waals surface area contributed by atoms with Gasteiger partial charge in [-0.2, -0.15) is 0 Å². The van der Waals surface area contributed by atoms with Crippen molar-refractivity contribution in [1.82, 2.24) is 25.1 Å². The third kappa shape index (κ3) is 6.23. The van der Waals surface area contributed by atoms with Crippen LogP contribution >= 0.6 is 0 Å². The van der Waals surface area contributed by atoms with Crippen molar-refractivity contribution < 1.29 is 14.0 Å². The Hall–Kier alpha value is -2.87. The Morgan fingerprint density at radius 1 is 1.11 bits per heavy atom. The summed E-state index contributed by atoms with van der Waals surface area (Å²) < 4.78 is 14.5. The van der Waals surface area contributed by atoms with E-state index in [9.17, 15) is 14.0 Å². The van der Waals surface area contributed by atoms with Gasteiger partial charge in [0.1, 0.15) is 5.82 Å². The third-order valence-corrected chi connectivity index (χ3v) is 6.85. The number of hydrogen-bond donors (Lipinski definition) is 1. The summed E-state index contributed by atoms with van der Waals surface area (Å²) in [5, 5.41) is 2.70. The Labute approximate surface area is 207 Å². The zero-order valence-corrected chi connectivity index (χ0v) is 21.0. The second kappa shape index (κ2) is 11.2. The van der Waals surface area contributed by atoms with Gasteiger partial charge in [-0.05, 0) is 44.2 Å². The quantitative estimate of drug-likeness (QED) is 0.585. The topological polar surface area (TPSA) is 78.4 Å². The maximum atomic E-state index is 14.5. The zero-order valence-electron chi connectivity index (χ0n) is 21.0. The first-order chi connectivity index (χ1) is 16.9. The smallest absolute Gasteiger partial charge is 0.254 e. The number of nitrogens with one attached hydrogen (secondary N) is 1. The number of halogens is 1. The van der Waals surface area contributed by atoms with Crippen LogP contribution in [0.4, 0.5) is 4.39 Å². The first-order valence-corrected chi connectivity index (χ1v) is 12.8. The lowest BCUT2D eigenvalue weighted by Crippen LogP contribution is -2.48. The van der Waals surface area contributed by atoms with Gasteiger partial charge in [0.15, 0.2) is 0 Å². The molecule has 188 valence electrons. The van der Waals surface area contributed by atoms with E-state index in [-0.39, 0.29) is 17.4 Å². The number of rotatable bonds is 9. The van der Waals surface area contributed by atoms with Gasteiger partial charge in [-0.1, -0.05) is 26.8 Å². The predicted molar refractivity (Wildman–Crippen MR) is 133 cm³/mol. The van der Waals surface area contributed by atoms with E-state index >= 15 is 0 Å². The van der Waals surface area contributed by atoms with Gasteiger partial charge in [0.25, 0.3) is 5.91 Å². The molecule has 4 rings (SSSR count). The molecule has 1 N–H and O–H groups in total. The maximum Gasteiger partial charge on any atom is 0.254 e. The second-order valence-corrected chi connectivity index (χ2v) is 9.96. The molecule has 8 heteroatoms. The van der Waals surface area contributed by atoms with Crippen LogP contribution in [-0.2, 0) is 11.3 Å². The van der Waals surface area contributed by atoms with Gasteiger partial charge >= 0.3 is 0 Å². The third-order valence-electron chi connectivity index (χ3n) is 6.85. The molecule has 1 aromatic carbocycles. The average Bonchev–Trinajstić information content (AvgIpc) is 3.71. The molecule has 2 aliphatic rings. The number of benzene rings is 1. The highest BCUT2D eigenvalue weighted by Crippen LogP contribution is 2.33. The molecule has 7 nitrogen and oxygen atoms in total. The van der Waals surface area contributed by atoms with Crippen LogP contribution in [0.2, 0.25) is 0 Å². The number of aromatic nitrogens is 2. The number of amides is 2. The molecule has 35 heavy (non-hydrogen) atoms. The van der Waals surface area contributed by atoms with Gasteiger partial charge in [0.2, 0.25) is 5.91 Å². The fraction of sp³-hybridized carbons (Fsp3) is 0.556. The number of likely N-dealkylation sites (tertiary alicyclic amines) is 1. The fourth-order valence-corrected chi connectivity index (χ4v) is 4.71. The second-order valence-electron chi connectivity index (χ2n) is 9.96. The molecule has 1 aliphatic heterocycles. The van der Waals surface area contributed by atoms with Crippen molar-refractivity contribution in [2.45, 2.75) is 71.5 Å². The summed E-state index contributed by atoms with van der Waals surface area (Å²) in [6.45, 7) is 8.73. The van der Waals surface area contributed by atoms with Crippen LogP contribution in [0.1, 0.15) is 68.9 Å². The van der Waals surface area contributed by atoms with Crippen molar-refractivity contribution >= 4 is 11.8 Å². The monoisotopic (exact) mass is 481 g/mol. The Morgan fingerprint density at radius 2 is 1.83 bits per heavy atom. The number of nitrogens with zero attached hydrogens (tertiary/aromatic N) is 4. The molecule has 1 saturated carbocycles. The molecule has 2 fully saturated rings. The number of hydrogen-bond acceptors (Lipinski definition) is 5. The summed E-state index contributed by atoms with van der Waals surface area (Å²) in [5.41, 5.74) is 2.09. The largest absolute Gasteiger partial charge is 0.352 e. The Balaban J connectivity index is 1.39. The summed E-state index contributed by atoms with van der Waals surface area (Å²) in [6, 6.07) is 5.56. The van der Waals surface area contributed by atoms with Crippen LogP contribution in [0, 0.1) is 11.7 Å². The van der Waals surface area contributed by atoms with Crippen LogP contribution in [0.3, 0.4) is 0 Å². The van der Waals surface area contributed by atoms with Crippen molar-refractivity contribution in [2.75, 3.05) is 19.6 Å². The highest BCUT2D eigenvalue weighted by atomic mass is 19.1. The minimum Gasteiger partial charge on any atom is -0.352 e. The number of piperidine rings is 1. The predicted octanol–water partition coefficient (Wildman–Crippen LogP) is 4.03. The fourth-order valence-electron chi connectivity index (χ4n) is 4.71. The molecule has 0 unspecified atom stereocenters. The molecule has 2 heterocycles. The van der Waals surface area contributed by atoms with E-state index in [0.717, 1.165) is 44.6 Å². The molecule has 0 atom stereocenters. The molecule has 1 aromatic heterocycles. The molecular formula is C27H36FN5O2. The van der Waals surface area contributed by atoms with Crippen molar-refractivity contribution in [3.05, 3.63) is 47.7 Å². The van der Waals surface area contributed by atoms with Crippen molar-refractivity contribution in [1.29, 1.82) is 0 Å². The molecule has 2 aromatic rings. The van der Waals surface area contributed by atoms with Gasteiger partial charge in [-0.25, -0.2) is 4.39 Å². The van der Waals surface area contributed by atoms with E-state index in [0.29, 0.717) is 29.9 Å². The summed E-state index contributed by atoms with van der Waals surface area (Å²) in [5.74, 6) is -0.683. The van der Waals surface area contributed by atoms with E-state index < -0.39 is 11.7 Å². The van der Waals surface area contributed by atoms with Crippen LogP contribution < -0.4 is 5.32 Å². The number of carbonyl (C=O) groups excluding carboxylic acids is 2. The summed E-state index contributed by atoms with van der Waals surface area (Å²) in [6.07, 6.45) is 8.61. The Morgan fingerprint density at radius 3 is 2.40 bits per heavy atom. The Bertz CT molecular complexity index is 1030. The highest BCUT2D eigenvalue weighted by Gasteiger charge is 2.36. The summed E-state index contributed by atoms with van der Waals surface area (Å²) in [4.78, 5) is 38.1. The van der Waals surface area contributed by atoms with Crippen LogP contribution in [-0.4, -0.2) is 63.3 Å². The van der Waals surface area contributed by atoms with E-state index in [4.69, 9.17) is 0 Å². The van der Waals surface area contributed by atoms with Gasteiger partial charge in [-0.3, -0.25) is 24.5 Å². The molecule has 1 saturated heterocycles. The normalized spacial score (nSPS) is 16.7. The van der Waals surface area contributed by atoms with Crippen molar-refractivity contribution in [3.63, 3.8) is 0 Å². The van der Waals surface area contributed by atoms with Gasteiger partial charge < -0.3 is 10.2 Å². The molecule has 1 aliphatic carbocycles. The number of carbonyl (C=O) groups is 2. The first kappa shape index (κ1) is 25.2. The minimum absolute atomic E-state index is 0.0352. The van der Waals surface area contributed by atoms with Crippen molar-refractivity contribution in [3.8, 4) is 11.3 Å². The molecule has 0 bridgehead atoms. The van der Waals surface area contributed by atoms with E-state index in [1.165, 1.54) is 25.0 Å². The standard InChI is InChI=1S/C27H36FN5O2/c1-4-11-29-26(34)23-8-5-19(14-24(23)28)25-16-30-20(15-31-25)17-33(21-6-7-21)22-9-12-32(13-10-22)27(35)18(2)3/h5,8,14-16,18,21-22H,4,6-7,9-13,17H2,1-3H3,(H,29,34). The lowest BCUT2D eigenvalue weighted by atomic mass is 10.0. The maximum absolute atomic E-state index is 14.5. The average molecular weight is 482 g/mol. The molecule has 2 amide bonds. The SMILES string of the molecule is CCCNC(=O)c1ccc(-c2cnc(CN(C3CC3)C3CCN(C(=O)C(C)C)CC3)cn2)cc1F. The molecular weight excluding hydrogens is 445 g/mol. The van der Waals surface area contributed by atoms with Crippen molar-refractivity contribution in [2.24, 2.45) is 5.92 Å². The van der Waals surface area contributed by atoms with Gasteiger partial charge in [0.05, 0.1) is 29.3 Å². The van der Waals surface area contributed by atoms with E-state index in [1.807, 2.05) is 25.7 Å². The lowest BCUT2D eigenvalue weighted by molar-refractivity contribution is -0.136. The van der Waals surface area contributed by atoms with E-state index in [2.05, 4.69) is 20.2 Å². The molecule has 0 spiro atoms. The van der Waals surface area contributed by atoms with Crippen LogP contribution in [0.5, 0.6) is 0 Å². The Kier molecular flexibility index (Phi) is 8.11. The highest BCUT2D eigenvalue weighted by molar-refractivity contribution is 5.94. The summed E-state index contributed by atoms with van der Waals surface area (Å²) in [7, 11) is 0. The lowest BCUT2D eigenvalue weighted by Gasteiger charge is -2.39. The zero-order chi connectivity index (χ0) is 24.9. The molecule has 0 radical (unpaired) electrons. The first-order valence-electron chi connectivity index (χ1n) is 12.8. The minimum atomic E-state index is -0.566. The van der Waals surface area contributed by atoms with Gasteiger partial charge in [-0.15, -0.1) is 0 Å². The van der Waals surface area contributed by atoms with E-state index in [1.54, 1.807) is 18.5 Å². The summed E-state index contributed by atoms with van der Waals surface area (Å²) >= 11 is 0. The van der Waals surface area contributed by atoms with Crippen LogP contribution in [0.15, 0.2) is 30.6 Å². The van der Waals surface area contributed by atoms with Crippen LogP contribution in [0.25, 0.3) is 11.3 Å².